The molecule has 1 saturated heterocycles. The molecule has 8 heteroatoms. The highest BCUT2D eigenvalue weighted by molar-refractivity contribution is 5.92. The van der Waals surface area contributed by atoms with Crippen LogP contribution in [0.4, 0.5) is 5.82 Å². The van der Waals surface area contributed by atoms with Crippen LogP contribution in [0.5, 0.6) is 0 Å². The van der Waals surface area contributed by atoms with Gasteiger partial charge in [-0.3, -0.25) is 9.59 Å². The summed E-state index contributed by atoms with van der Waals surface area (Å²) in [5, 5.41) is 19.4. The zero-order chi connectivity index (χ0) is 15.2. The lowest BCUT2D eigenvalue weighted by molar-refractivity contribution is -0.140. The fourth-order valence-corrected chi connectivity index (χ4v) is 2.11. The van der Waals surface area contributed by atoms with Gasteiger partial charge in [0.15, 0.2) is 11.5 Å². The molecule has 0 saturated carbocycles. The van der Waals surface area contributed by atoms with Gasteiger partial charge in [0.25, 0.3) is 5.91 Å². The molecule has 2 rings (SSSR count). The summed E-state index contributed by atoms with van der Waals surface area (Å²) in [4.78, 5) is 24.2. The first-order valence-electron chi connectivity index (χ1n) is 6.80. The second kappa shape index (κ2) is 6.98. The summed E-state index contributed by atoms with van der Waals surface area (Å²) in [5.74, 6) is -0.538. The fourth-order valence-electron chi connectivity index (χ4n) is 2.11. The molecule has 0 bridgehead atoms. The van der Waals surface area contributed by atoms with Crippen LogP contribution >= 0.6 is 0 Å². The molecule has 21 heavy (non-hydrogen) atoms. The summed E-state index contributed by atoms with van der Waals surface area (Å²) in [6.45, 7) is 3.86. The van der Waals surface area contributed by atoms with Crippen molar-refractivity contribution in [1.29, 1.82) is 0 Å². The van der Waals surface area contributed by atoms with Crippen molar-refractivity contribution < 1.29 is 19.4 Å². The van der Waals surface area contributed by atoms with Gasteiger partial charge in [0.05, 0.1) is 19.1 Å². The third-order valence-corrected chi connectivity index (χ3v) is 3.09. The van der Waals surface area contributed by atoms with Crippen molar-refractivity contribution in [2.75, 3.05) is 31.1 Å². The Kier molecular flexibility index (Phi) is 5.04. The second-order valence-electron chi connectivity index (χ2n) is 4.67. The number of amides is 1. The molecule has 114 valence electrons. The van der Waals surface area contributed by atoms with Crippen molar-refractivity contribution in [3.8, 4) is 0 Å². The van der Waals surface area contributed by atoms with Crippen LogP contribution < -0.4 is 10.2 Å². The van der Waals surface area contributed by atoms with Gasteiger partial charge in [0.1, 0.15) is 0 Å². The Labute approximate surface area is 122 Å². The Morgan fingerprint density at radius 2 is 2.29 bits per heavy atom. The highest BCUT2D eigenvalue weighted by atomic mass is 16.5. The van der Waals surface area contributed by atoms with E-state index < -0.39 is 5.97 Å². The SMILES string of the molecule is CCNC(=O)c1ccc(N2CCOC(CC(=O)O)C2)nn1. The Morgan fingerprint density at radius 1 is 1.48 bits per heavy atom. The summed E-state index contributed by atoms with van der Waals surface area (Å²) in [5.41, 5.74) is 0.260. The molecule has 0 aliphatic carbocycles. The van der Waals surface area contributed by atoms with Crippen molar-refractivity contribution in [2.24, 2.45) is 0 Å². The minimum absolute atomic E-state index is 0.0408. The van der Waals surface area contributed by atoms with Gasteiger partial charge in [-0.25, -0.2) is 0 Å². The normalized spacial score (nSPS) is 18.3. The first-order valence-corrected chi connectivity index (χ1v) is 6.80. The van der Waals surface area contributed by atoms with Crippen LogP contribution in [0.25, 0.3) is 0 Å². The molecule has 1 aliphatic heterocycles. The topological polar surface area (TPSA) is 105 Å². The van der Waals surface area contributed by atoms with Crippen molar-refractivity contribution in [3.63, 3.8) is 0 Å². The minimum Gasteiger partial charge on any atom is -0.481 e. The van der Waals surface area contributed by atoms with Gasteiger partial charge in [-0.05, 0) is 19.1 Å². The molecule has 1 aliphatic rings. The summed E-state index contributed by atoms with van der Waals surface area (Å²) in [7, 11) is 0. The lowest BCUT2D eigenvalue weighted by atomic mass is 10.2. The van der Waals surface area contributed by atoms with Crippen molar-refractivity contribution in [1.82, 2.24) is 15.5 Å². The van der Waals surface area contributed by atoms with E-state index in [0.29, 0.717) is 32.1 Å². The number of carboxylic acids is 1. The van der Waals surface area contributed by atoms with E-state index in [1.165, 1.54) is 0 Å². The number of anilines is 1. The molecule has 1 aromatic heterocycles. The van der Waals surface area contributed by atoms with Gasteiger partial charge in [0, 0.05) is 19.6 Å². The molecule has 1 amide bonds. The fraction of sp³-hybridized carbons (Fsp3) is 0.538. The van der Waals surface area contributed by atoms with Gasteiger partial charge in [-0.1, -0.05) is 0 Å². The number of rotatable bonds is 5. The van der Waals surface area contributed by atoms with E-state index in [4.69, 9.17) is 9.84 Å². The molecule has 1 unspecified atom stereocenters. The molecule has 2 heterocycles. The monoisotopic (exact) mass is 294 g/mol. The number of hydrogen-bond donors (Lipinski definition) is 2. The van der Waals surface area contributed by atoms with Crippen molar-refractivity contribution >= 4 is 17.7 Å². The average molecular weight is 294 g/mol. The summed E-state index contributed by atoms with van der Waals surface area (Å²) in [6.07, 6.45) is -0.401. The lowest BCUT2D eigenvalue weighted by Crippen LogP contribution is -2.43. The average Bonchev–Trinajstić information content (AvgIpc) is 2.47. The molecular weight excluding hydrogens is 276 g/mol. The summed E-state index contributed by atoms with van der Waals surface area (Å²) in [6, 6.07) is 3.32. The van der Waals surface area contributed by atoms with E-state index in [-0.39, 0.29) is 24.1 Å². The molecular formula is C13H18N4O4. The van der Waals surface area contributed by atoms with Crippen LogP contribution in [0.2, 0.25) is 0 Å². The Balaban J connectivity index is 2.01. The highest BCUT2D eigenvalue weighted by Crippen LogP contribution is 2.16. The van der Waals surface area contributed by atoms with Crippen LogP contribution in [-0.4, -0.2) is 59.5 Å². The first-order chi connectivity index (χ1) is 10.1. The molecule has 0 spiro atoms. The number of carboxylic acid groups (broad SMARTS) is 1. The van der Waals surface area contributed by atoms with E-state index in [1.807, 2.05) is 11.8 Å². The molecule has 2 N–H and O–H groups in total. The maximum atomic E-state index is 11.6. The number of ether oxygens (including phenoxy) is 1. The van der Waals surface area contributed by atoms with E-state index in [0.717, 1.165) is 0 Å². The third kappa shape index (κ3) is 4.12. The standard InChI is InChI=1S/C13H18N4O4/c1-2-14-13(20)10-3-4-11(16-15-10)17-5-6-21-9(8-17)7-12(18)19/h3-4,9H,2,5-8H2,1H3,(H,14,20)(H,18,19). The maximum absolute atomic E-state index is 11.6. The number of hydrogen-bond acceptors (Lipinski definition) is 6. The van der Waals surface area contributed by atoms with Crippen LogP contribution in [0.3, 0.4) is 0 Å². The largest absolute Gasteiger partial charge is 0.481 e. The first kappa shape index (κ1) is 15.2. The maximum Gasteiger partial charge on any atom is 0.306 e. The molecule has 1 fully saturated rings. The number of aliphatic carboxylic acids is 1. The number of carbonyl (C=O) groups excluding carboxylic acids is 1. The summed E-state index contributed by atoms with van der Waals surface area (Å²) >= 11 is 0. The number of aromatic nitrogens is 2. The lowest BCUT2D eigenvalue weighted by Gasteiger charge is -2.32. The van der Waals surface area contributed by atoms with E-state index in [1.54, 1.807) is 12.1 Å². The quantitative estimate of drug-likeness (QED) is 0.781. The number of morpholine rings is 1. The van der Waals surface area contributed by atoms with Crippen LogP contribution in [0.15, 0.2) is 12.1 Å². The Bertz CT molecular complexity index is 505. The van der Waals surface area contributed by atoms with E-state index in [9.17, 15) is 9.59 Å². The predicted molar refractivity (Wildman–Crippen MR) is 74.2 cm³/mol. The van der Waals surface area contributed by atoms with Gasteiger partial charge >= 0.3 is 5.97 Å². The minimum atomic E-state index is -0.889. The smallest absolute Gasteiger partial charge is 0.306 e. The van der Waals surface area contributed by atoms with Crippen LogP contribution in [-0.2, 0) is 9.53 Å². The highest BCUT2D eigenvalue weighted by Gasteiger charge is 2.24. The third-order valence-electron chi connectivity index (χ3n) is 3.09. The molecule has 0 aromatic carbocycles. The van der Waals surface area contributed by atoms with Gasteiger partial charge in [-0.2, -0.15) is 0 Å². The molecule has 1 atom stereocenters. The molecule has 0 radical (unpaired) electrons. The number of carbonyl (C=O) groups is 2. The predicted octanol–water partition coefficient (Wildman–Crippen LogP) is -0.0938. The van der Waals surface area contributed by atoms with Gasteiger partial charge in [-0.15, -0.1) is 10.2 Å². The Hall–Kier alpha value is -2.22. The van der Waals surface area contributed by atoms with Gasteiger partial charge < -0.3 is 20.1 Å². The zero-order valence-corrected chi connectivity index (χ0v) is 11.8. The summed E-state index contributed by atoms with van der Waals surface area (Å²) < 4.78 is 5.40. The number of nitrogens with zero attached hydrogens (tertiary/aromatic N) is 3. The second-order valence-corrected chi connectivity index (χ2v) is 4.67. The van der Waals surface area contributed by atoms with Gasteiger partial charge in [0.2, 0.25) is 0 Å². The Morgan fingerprint density at radius 3 is 2.90 bits per heavy atom. The van der Waals surface area contributed by atoms with Crippen molar-refractivity contribution in [3.05, 3.63) is 17.8 Å². The molecule has 8 nitrogen and oxygen atoms in total. The van der Waals surface area contributed by atoms with E-state index >= 15 is 0 Å². The molecule has 1 aromatic rings. The van der Waals surface area contributed by atoms with Crippen LogP contribution in [0, 0.1) is 0 Å². The van der Waals surface area contributed by atoms with Crippen LogP contribution in [0.1, 0.15) is 23.8 Å². The number of nitrogens with one attached hydrogen (secondary N) is 1. The zero-order valence-electron chi connectivity index (χ0n) is 11.8. The van der Waals surface area contributed by atoms with Crippen molar-refractivity contribution in [2.45, 2.75) is 19.4 Å². The van der Waals surface area contributed by atoms with E-state index in [2.05, 4.69) is 15.5 Å².